The van der Waals surface area contributed by atoms with Gasteiger partial charge in [-0.3, -0.25) is 0 Å². The minimum Gasteiger partial charge on any atom is -0.364 e. The first-order chi connectivity index (χ1) is 5.79. The number of aromatic nitrogens is 1. The van der Waals surface area contributed by atoms with Crippen molar-refractivity contribution in [1.29, 1.82) is 0 Å². The van der Waals surface area contributed by atoms with Gasteiger partial charge in [-0.25, -0.2) is 4.99 Å². The number of aliphatic imine (C=N–C) groups is 1. The van der Waals surface area contributed by atoms with Gasteiger partial charge >= 0.3 is 0 Å². The average Bonchev–Trinajstić information content (AvgIpc) is 2.47. The van der Waals surface area contributed by atoms with Gasteiger partial charge in [0.25, 0.3) is 0 Å². The maximum absolute atomic E-state index is 4.80. The van der Waals surface area contributed by atoms with Crippen molar-refractivity contribution in [2.24, 2.45) is 4.99 Å². The van der Waals surface area contributed by atoms with Crippen LogP contribution in [-0.4, -0.2) is 10.3 Å². The van der Waals surface area contributed by atoms with Crippen molar-refractivity contribution in [2.45, 2.75) is 26.3 Å². The number of rotatable bonds is 3. The lowest BCUT2D eigenvalue weighted by Gasteiger charge is -2.03. The molecule has 3 nitrogen and oxygen atoms in total. The highest BCUT2D eigenvalue weighted by atomic mass is 32.1. The molecule has 0 aliphatic rings. The van der Waals surface area contributed by atoms with E-state index >= 15 is 0 Å². The molecule has 0 spiro atoms. The number of hydrogen-bond donors (Lipinski definition) is 0. The maximum Gasteiger partial charge on any atom is 0.129 e. The van der Waals surface area contributed by atoms with E-state index in [-0.39, 0.29) is 6.04 Å². The third-order valence-corrected chi connectivity index (χ3v) is 1.85. The second-order valence-corrected chi connectivity index (χ2v) is 2.68. The molecule has 1 atom stereocenters. The Bertz CT molecular complexity index is 302. The Morgan fingerprint density at radius 1 is 1.83 bits per heavy atom. The summed E-state index contributed by atoms with van der Waals surface area (Å²) in [4.78, 5) is 4.01. The highest BCUT2D eigenvalue weighted by Crippen LogP contribution is 2.22. The van der Waals surface area contributed by atoms with Crippen LogP contribution in [0.2, 0.25) is 0 Å². The summed E-state index contributed by atoms with van der Waals surface area (Å²) >= 11 is 4.54. The van der Waals surface area contributed by atoms with Crippen molar-refractivity contribution in [1.82, 2.24) is 5.16 Å². The molecule has 0 saturated heterocycles. The SMILES string of the molecule is CC[C@H](N=C=S)c1conc1C. The van der Waals surface area contributed by atoms with Crippen molar-refractivity contribution in [3.8, 4) is 0 Å². The fourth-order valence-corrected chi connectivity index (χ4v) is 1.19. The molecule has 1 aromatic heterocycles. The predicted octanol–water partition coefficient (Wildman–Crippen LogP) is 2.54. The molecule has 0 radical (unpaired) electrons. The molecule has 0 aromatic carbocycles. The van der Waals surface area contributed by atoms with Crippen molar-refractivity contribution in [2.75, 3.05) is 0 Å². The summed E-state index contributed by atoms with van der Waals surface area (Å²) in [6, 6.07) is 0.0498. The van der Waals surface area contributed by atoms with Crippen LogP contribution in [0.1, 0.15) is 30.6 Å². The molecule has 1 heterocycles. The summed E-state index contributed by atoms with van der Waals surface area (Å²) in [6.07, 6.45) is 2.49. The Kier molecular flexibility index (Phi) is 3.14. The summed E-state index contributed by atoms with van der Waals surface area (Å²) in [7, 11) is 0. The third kappa shape index (κ3) is 1.78. The topological polar surface area (TPSA) is 38.4 Å². The van der Waals surface area contributed by atoms with Gasteiger partial charge in [0, 0.05) is 5.56 Å². The van der Waals surface area contributed by atoms with Crippen molar-refractivity contribution in [3.63, 3.8) is 0 Å². The molecule has 12 heavy (non-hydrogen) atoms. The minimum absolute atomic E-state index is 0.0498. The van der Waals surface area contributed by atoms with Crippen LogP contribution in [-0.2, 0) is 0 Å². The van der Waals surface area contributed by atoms with Crippen molar-refractivity contribution >= 4 is 17.4 Å². The fraction of sp³-hybridized carbons (Fsp3) is 0.500. The Morgan fingerprint density at radius 2 is 2.58 bits per heavy atom. The maximum atomic E-state index is 4.80. The second-order valence-electron chi connectivity index (χ2n) is 2.50. The summed E-state index contributed by atoms with van der Waals surface area (Å²) in [5.74, 6) is 0. The Hall–Kier alpha value is -0.990. The monoisotopic (exact) mass is 182 g/mol. The molecule has 4 heteroatoms. The molecule has 0 N–H and O–H groups in total. The first kappa shape index (κ1) is 9.10. The van der Waals surface area contributed by atoms with Gasteiger partial charge in [-0.15, -0.1) is 0 Å². The van der Waals surface area contributed by atoms with E-state index in [0.29, 0.717) is 0 Å². The van der Waals surface area contributed by atoms with Crippen molar-refractivity contribution < 1.29 is 4.52 Å². The predicted molar refractivity (Wildman–Crippen MR) is 49.3 cm³/mol. The molecular formula is C8H10N2OS. The van der Waals surface area contributed by atoms with E-state index in [0.717, 1.165) is 17.7 Å². The molecule has 0 aliphatic carbocycles. The summed E-state index contributed by atoms with van der Waals surface area (Å²) in [5.41, 5.74) is 1.87. The van der Waals surface area contributed by atoms with E-state index in [2.05, 4.69) is 27.5 Å². The zero-order valence-electron chi connectivity index (χ0n) is 7.07. The zero-order chi connectivity index (χ0) is 8.97. The van der Waals surface area contributed by atoms with Gasteiger partial charge in [0.05, 0.1) is 16.9 Å². The highest BCUT2D eigenvalue weighted by Gasteiger charge is 2.12. The van der Waals surface area contributed by atoms with E-state index in [1.54, 1.807) is 6.26 Å². The number of thiocarbonyl (C=S) groups is 1. The Balaban J connectivity index is 2.93. The Morgan fingerprint density at radius 3 is 3.00 bits per heavy atom. The van der Waals surface area contributed by atoms with Crippen LogP contribution < -0.4 is 0 Å². The molecule has 1 rings (SSSR count). The van der Waals surface area contributed by atoms with Gasteiger partial charge in [0.15, 0.2) is 0 Å². The van der Waals surface area contributed by atoms with Crippen LogP contribution in [0.3, 0.4) is 0 Å². The average molecular weight is 182 g/mol. The number of isothiocyanates is 1. The van der Waals surface area contributed by atoms with Gasteiger partial charge < -0.3 is 4.52 Å². The van der Waals surface area contributed by atoms with Crippen LogP contribution in [0.5, 0.6) is 0 Å². The zero-order valence-corrected chi connectivity index (χ0v) is 7.89. The quantitative estimate of drug-likeness (QED) is 0.532. The lowest BCUT2D eigenvalue weighted by Crippen LogP contribution is -1.93. The fourth-order valence-electron chi connectivity index (χ4n) is 1.06. The van der Waals surface area contributed by atoms with E-state index in [1.807, 2.05) is 13.8 Å². The molecule has 1 aromatic rings. The number of nitrogens with zero attached hydrogens (tertiary/aromatic N) is 2. The molecule has 64 valence electrons. The number of hydrogen-bond acceptors (Lipinski definition) is 4. The van der Waals surface area contributed by atoms with E-state index in [1.165, 1.54) is 0 Å². The summed E-state index contributed by atoms with van der Waals surface area (Å²) in [6.45, 7) is 3.92. The molecule has 0 amide bonds. The highest BCUT2D eigenvalue weighted by molar-refractivity contribution is 7.78. The first-order valence-electron chi connectivity index (χ1n) is 3.77. The van der Waals surface area contributed by atoms with Crippen molar-refractivity contribution in [3.05, 3.63) is 17.5 Å². The third-order valence-electron chi connectivity index (χ3n) is 1.74. The minimum atomic E-state index is 0.0498. The number of aryl methyl sites for hydroxylation is 1. The second kappa shape index (κ2) is 4.14. The van der Waals surface area contributed by atoms with Crippen LogP contribution in [0.4, 0.5) is 0 Å². The van der Waals surface area contributed by atoms with Crippen LogP contribution in [0, 0.1) is 6.92 Å². The molecule has 0 bridgehead atoms. The van der Waals surface area contributed by atoms with Crippen LogP contribution in [0.15, 0.2) is 15.8 Å². The van der Waals surface area contributed by atoms with Crippen LogP contribution in [0.25, 0.3) is 0 Å². The smallest absolute Gasteiger partial charge is 0.129 e. The van der Waals surface area contributed by atoms with Crippen LogP contribution >= 0.6 is 12.2 Å². The van der Waals surface area contributed by atoms with Gasteiger partial charge in [-0.1, -0.05) is 12.1 Å². The lowest BCUT2D eigenvalue weighted by atomic mass is 10.1. The van der Waals surface area contributed by atoms with Gasteiger partial charge in [-0.05, 0) is 25.6 Å². The van der Waals surface area contributed by atoms with Gasteiger partial charge in [0.1, 0.15) is 6.26 Å². The lowest BCUT2D eigenvalue weighted by molar-refractivity contribution is 0.413. The van der Waals surface area contributed by atoms with E-state index < -0.39 is 0 Å². The molecular weight excluding hydrogens is 172 g/mol. The van der Waals surface area contributed by atoms with Gasteiger partial charge in [-0.2, -0.15) is 0 Å². The molecule has 0 saturated carbocycles. The molecule has 0 aliphatic heterocycles. The van der Waals surface area contributed by atoms with E-state index in [4.69, 9.17) is 4.52 Å². The van der Waals surface area contributed by atoms with Gasteiger partial charge in [0.2, 0.25) is 0 Å². The Labute approximate surface area is 76.5 Å². The molecule has 0 unspecified atom stereocenters. The first-order valence-corrected chi connectivity index (χ1v) is 4.18. The standard InChI is InChI=1S/C8H10N2OS/c1-3-8(9-5-12)7-4-11-10-6(7)2/h4,8H,3H2,1-2H3/t8-/m0/s1. The van der Waals surface area contributed by atoms with E-state index in [9.17, 15) is 0 Å². The largest absolute Gasteiger partial charge is 0.364 e. The normalized spacial score (nSPS) is 12.2. The molecule has 0 fully saturated rings. The summed E-state index contributed by atoms with van der Waals surface area (Å²) in [5, 5.41) is 6.14. The summed E-state index contributed by atoms with van der Waals surface area (Å²) < 4.78 is 4.80.